The molecule has 1 heteroatoms. The van der Waals surface area contributed by atoms with Gasteiger partial charge in [-0.1, -0.05) is 118 Å². The fourth-order valence-corrected chi connectivity index (χ4v) is 4.04. The molecule has 0 saturated carbocycles. The molecule has 35 heavy (non-hydrogen) atoms. The van der Waals surface area contributed by atoms with Crippen molar-refractivity contribution < 1.29 is 0 Å². The van der Waals surface area contributed by atoms with E-state index < -0.39 is 0 Å². The lowest BCUT2D eigenvalue weighted by atomic mass is 10.00. The van der Waals surface area contributed by atoms with Crippen molar-refractivity contribution in [3.8, 4) is 22.3 Å². The van der Waals surface area contributed by atoms with Crippen LogP contribution in [0.1, 0.15) is 25.0 Å². The number of hydrogen-bond acceptors (Lipinski definition) is 1. The molecule has 0 aliphatic rings. The monoisotopic (exact) mass is 453 g/mol. The third-order valence-corrected chi connectivity index (χ3v) is 5.97. The second kappa shape index (κ2) is 11.2. The van der Waals surface area contributed by atoms with Gasteiger partial charge in [-0.25, -0.2) is 0 Å². The van der Waals surface area contributed by atoms with Crippen molar-refractivity contribution in [2.45, 2.75) is 13.8 Å². The molecule has 0 aliphatic carbocycles. The molecule has 0 bridgehead atoms. The summed E-state index contributed by atoms with van der Waals surface area (Å²) in [6.45, 7) is 11.6. The summed E-state index contributed by atoms with van der Waals surface area (Å²) in [5.41, 5.74) is 9.24. The molecule has 0 aliphatic heterocycles. The highest BCUT2D eigenvalue weighted by molar-refractivity contribution is 5.90. The Morgan fingerprint density at radius 1 is 0.457 bits per heavy atom. The van der Waals surface area contributed by atoms with Gasteiger partial charge in [0.2, 0.25) is 0 Å². The van der Waals surface area contributed by atoms with Crippen LogP contribution in [0.4, 0.5) is 11.4 Å². The van der Waals surface area contributed by atoms with E-state index in [9.17, 15) is 0 Å². The number of nitrogens with one attached hydrogen (secondary N) is 1. The predicted molar refractivity (Wildman–Crippen MR) is 156 cm³/mol. The van der Waals surface area contributed by atoms with Crippen molar-refractivity contribution in [2.75, 3.05) is 5.32 Å². The summed E-state index contributed by atoms with van der Waals surface area (Å²) >= 11 is 0. The molecule has 0 radical (unpaired) electrons. The van der Waals surface area contributed by atoms with E-state index in [4.69, 9.17) is 0 Å². The Bertz CT molecular complexity index is 1420. The molecule has 0 aromatic heterocycles. The smallest absolute Gasteiger partial charge is 0.0390 e. The topological polar surface area (TPSA) is 12.0 Å². The van der Waals surface area contributed by atoms with Crippen molar-refractivity contribution in [1.82, 2.24) is 0 Å². The second-order valence-corrected chi connectivity index (χ2v) is 8.13. The summed E-state index contributed by atoms with van der Waals surface area (Å²) in [5, 5.41) is 5.97. The molecule has 1 N–H and O–H groups in total. The molecule has 0 saturated heterocycles. The van der Waals surface area contributed by atoms with Crippen LogP contribution in [0.3, 0.4) is 0 Å². The molecule has 172 valence electrons. The highest BCUT2D eigenvalue weighted by atomic mass is 14.9. The largest absolute Gasteiger partial charge is 0.356 e. The van der Waals surface area contributed by atoms with Gasteiger partial charge in [0.05, 0.1) is 0 Å². The van der Waals surface area contributed by atoms with Crippen LogP contribution in [0.5, 0.6) is 0 Å². The standard InChI is InChI=1S/C32H25N.C2H6/c1-3-23-5-9-25(10-6-23)26-15-18-31(19-16-26)33-32-20-17-29-21-28(13-14-30(29)22-32)27-11-7-24(4-2)8-12-27;1-2/h3-22,33H,1-2H2;1-2H3. The molecule has 0 heterocycles. The van der Waals surface area contributed by atoms with E-state index in [1.807, 2.05) is 26.0 Å². The lowest BCUT2D eigenvalue weighted by molar-refractivity contribution is 1.50. The molecule has 1 nitrogen and oxygen atoms in total. The fraction of sp³-hybridized carbons (Fsp3) is 0.0588. The summed E-state index contributed by atoms with van der Waals surface area (Å²) < 4.78 is 0. The van der Waals surface area contributed by atoms with Crippen LogP contribution in [0.2, 0.25) is 0 Å². The number of rotatable bonds is 6. The molecule has 0 spiro atoms. The maximum absolute atomic E-state index is 3.83. The Kier molecular flexibility index (Phi) is 7.60. The molecule has 0 atom stereocenters. The van der Waals surface area contributed by atoms with Gasteiger partial charge in [-0.2, -0.15) is 0 Å². The molecular weight excluding hydrogens is 422 g/mol. The first-order chi connectivity index (χ1) is 17.2. The first kappa shape index (κ1) is 23.8. The van der Waals surface area contributed by atoms with Gasteiger partial charge in [0, 0.05) is 11.4 Å². The normalized spacial score (nSPS) is 10.2. The van der Waals surface area contributed by atoms with Gasteiger partial charge in [-0.15, -0.1) is 0 Å². The van der Waals surface area contributed by atoms with Gasteiger partial charge in [0.25, 0.3) is 0 Å². The third kappa shape index (κ3) is 5.59. The van der Waals surface area contributed by atoms with Gasteiger partial charge >= 0.3 is 0 Å². The lowest BCUT2D eigenvalue weighted by Crippen LogP contribution is -1.90. The van der Waals surface area contributed by atoms with E-state index in [1.165, 1.54) is 33.0 Å². The summed E-state index contributed by atoms with van der Waals surface area (Å²) in [6.07, 6.45) is 3.73. The first-order valence-corrected chi connectivity index (χ1v) is 12.1. The average molecular weight is 454 g/mol. The van der Waals surface area contributed by atoms with Gasteiger partial charge in [-0.05, 0) is 74.5 Å². The molecule has 5 rings (SSSR count). The number of hydrogen-bond donors (Lipinski definition) is 1. The summed E-state index contributed by atoms with van der Waals surface area (Å²) in [4.78, 5) is 0. The minimum atomic E-state index is 1.07. The molecule has 0 unspecified atom stereocenters. The molecule has 5 aromatic carbocycles. The van der Waals surface area contributed by atoms with Crippen molar-refractivity contribution in [3.63, 3.8) is 0 Å². The number of anilines is 2. The minimum Gasteiger partial charge on any atom is -0.356 e. The summed E-state index contributed by atoms with van der Waals surface area (Å²) in [7, 11) is 0. The lowest BCUT2D eigenvalue weighted by Gasteiger charge is -2.10. The van der Waals surface area contributed by atoms with Crippen LogP contribution < -0.4 is 5.32 Å². The van der Waals surface area contributed by atoms with Gasteiger partial charge < -0.3 is 5.32 Å². The maximum Gasteiger partial charge on any atom is 0.0390 e. The van der Waals surface area contributed by atoms with Crippen LogP contribution >= 0.6 is 0 Å². The summed E-state index contributed by atoms with van der Waals surface area (Å²) in [6, 6.07) is 38.6. The van der Waals surface area contributed by atoms with Crippen LogP contribution in [-0.2, 0) is 0 Å². The second-order valence-electron chi connectivity index (χ2n) is 8.13. The fourth-order valence-electron chi connectivity index (χ4n) is 4.04. The van der Waals surface area contributed by atoms with Gasteiger partial charge in [0.15, 0.2) is 0 Å². The number of fused-ring (bicyclic) bond motifs is 1. The summed E-state index contributed by atoms with van der Waals surface area (Å²) in [5.74, 6) is 0. The molecular formula is C34H31N. The molecule has 0 fully saturated rings. The third-order valence-electron chi connectivity index (χ3n) is 5.97. The van der Waals surface area contributed by atoms with Gasteiger partial charge in [0.1, 0.15) is 0 Å². The molecule has 5 aromatic rings. The highest BCUT2D eigenvalue weighted by Crippen LogP contribution is 2.29. The van der Waals surface area contributed by atoms with E-state index in [2.05, 4.69) is 128 Å². The number of benzene rings is 5. The Hall–Kier alpha value is -4.36. The van der Waals surface area contributed by atoms with E-state index in [-0.39, 0.29) is 0 Å². The van der Waals surface area contributed by atoms with E-state index in [0.717, 1.165) is 22.5 Å². The Labute approximate surface area is 209 Å². The Balaban J connectivity index is 0.00000141. The van der Waals surface area contributed by atoms with E-state index in [0.29, 0.717) is 0 Å². The van der Waals surface area contributed by atoms with Crippen molar-refractivity contribution >= 4 is 34.3 Å². The van der Waals surface area contributed by atoms with Crippen LogP contribution in [-0.4, -0.2) is 0 Å². The van der Waals surface area contributed by atoms with E-state index in [1.54, 1.807) is 0 Å². The van der Waals surface area contributed by atoms with Crippen LogP contribution in [0.15, 0.2) is 122 Å². The quantitative estimate of drug-likeness (QED) is 0.270. The highest BCUT2D eigenvalue weighted by Gasteiger charge is 2.03. The Morgan fingerprint density at radius 3 is 1.40 bits per heavy atom. The van der Waals surface area contributed by atoms with Crippen molar-refractivity contribution in [2.24, 2.45) is 0 Å². The average Bonchev–Trinajstić information content (AvgIpc) is 2.94. The van der Waals surface area contributed by atoms with Crippen molar-refractivity contribution in [1.29, 1.82) is 0 Å². The van der Waals surface area contributed by atoms with Crippen LogP contribution in [0, 0.1) is 0 Å². The SMILES string of the molecule is C=Cc1ccc(-c2ccc(Nc3ccc4cc(-c5ccc(C=C)cc5)ccc4c3)cc2)cc1.CC. The molecule has 0 amide bonds. The van der Waals surface area contributed by atoms with Gasteiger partial charge in [-0.3, -0.25) is 0 Å². The Morgan fingerprint density at radius 2 is 0.857 bits per heavy atom. The first-order valence-electron chi connectivity index (χ1n) is 12.1. The predicted octanol–water partition coefficient (Wildman–Crippen LogP) is 10.2. The zero-order valence-corrected chi connectivity index (χ0v) is 20.5. The van der Waals surface area contributed by atoms with Crippen molar-refractivity contribution in [3.05, 3.63) is 133 Å². The zero-order chi connectivity index (χ0) is 24.6. The van der Waals surface area contributed by atoms with E-state index >= 15 is 0 Å². The van der Waals surface area contributed by atoms with Crippen LogP contribution in [0.25, 0.3) is 45.2 Å². The minimum absolute atomic E-state index is 1.07. The maximum atomic E-state index is 3.83. The zero-order valence-electron chi connectivity index (χ0n) is 20.5.